The highest BCUT2D eigenvalue weighted by Crippen LogP contribution is 2.18. The number of esters is 1. The minimum absolute atomic E-state index is 0.237. The Balaban J connectivity index is 2.41. The highest BCUT2D eigenvalue weighted by atomic mass is 35.5. The zero-order valence-electron chi connectivity index (χ0n) is 7.70. The van der Waals surface area contributed by atoms with E-state index in [9.17, 15) is 4.79 Å². The van der Waals surface area contributed by atoms with Crippen LogP contribution in [0.3, 0.4) is 0 Å². The van der Waals surface area contributed by atoms with Crippen molar-refractivity contribution in [1.29, 1.82) is 0 Å². The standard InChI is InChI=1S/C9H10ClNO2S/c1-2-13-9(12)6-14-8-5-7(10)3-4-11-8/h3-5H,2,6H2,1H3. The summed E-state index contributed by atoms with van der Waals surface area (Å²) in [5, 5.41) is 1.34. The third-order valence-corrected chi connectivity index (χ3v) is 2.47. The summed E-state index contributed by atoms with van der Waals surface area (Å²) in [6.45, 7) is 2.18. The van der Waals surface area contributed by atoms with Crippen molar-refractivity contribution in [2.75, 3.05) is 12.4 Å². The van der Waals surface area contributed by atoms with E-state index in [1.165, 1.54) is 11.8 Å². The molecule has 1 aromatic rings. The van der Waals surface area contributed by atoms with E-state index in [2.05, 4.69) is 4.98 Å². The van der Waals surface area contributed by atoms with E-state index in [0.29, 0.717) is 11.6 Å². The fourth-order valence-electron chi connectivity index (χ4n) is 0.800. The Hall–Kier alpha value is -0.740. The number of rotatable bonds is 4. The molecule has 1 aromatic heterocycles. The lowest BCUT2D eigenvalue weighted by Crippen LogP contribution is -2.06. The average Bonchev–Trinajstić information content (AvgIpc) is 2.15. The molecule has 0 aliphatic rings. The third kappa shape index (κ3) is 3.98. The summed E-state index contributed by atoms with van der Waals surface area (Å²) < 4.78 is 4.77. The van der Waals surface area contributed by atoms with Gasteiger partial charge in [0.1, 0.15) is 0 Å². The van der Waals surface area contributed by atoms with Crippen LogP contribution in [-0.4, -0.2) is 23.3 Å². The van der Waals surface area contributed by atoms with Gasteiger partial charge in [-0.3, -0.25) is 4.79 Å². The second-order valence-electron chi connectivity index (χ2n) is 2.41. The lowest BCUT2D eigenvalue weighted by atomic mass is 10.5. The Morgan fingerprint density at radius 3 is 3.14 bits per heavy atom. The minimum atomic E-state index is -0.237. The van der Waals surface area contributed by atoms with Crippen molar-refractivity contribution < 1.29 is 9.53 Å². The molecule has 1 heterocycles. The van der Waals surface area contributed by atoms with Gasteiger partial charge in [-0.05, 0) is 19.1 Å². The second kappa shape index (κ2) is 5.88. The number of carbonyl (C=O) groups excluding carboxylic acids is 1. The number of halogens is 1. The molecule has 0 aliphatic heterocycles. The van der Waals surface area contributed by atoms with Crippen molar-refractivity contribution in [3.05, 3.63) is 23.4 Å². The van der Waals surface area contributed by atoms with Gasteiger partial charge in [0.15, 0.2) is 0 Å². The summed E-state index contributed by atoms with van der Waals surface area (Å²) in [6.07, 6.45) is 1.61. The van der Waals surface area contributed by atoms with E-state index in [1.807, 2.05) is 0 Å². The molecule has 0 aliphatic carbocycles. The van der Waals surface area contributed by atoms with Crippen molar-refractivity contribution in [3.8, 4) is 0 Å². The van der Waals surface area contributed by atoms with Crippen molar-refractivity contribution in [2.24, 2.45) is 0 Å². The third-order valence-electron chi connectivity index (χ3n) is 1.34. The molecule has 5 heteroatoms. The van der Waals surface area contributed by atoms with Gasteiger partial charge in [0, 0.05) is 11.2 Å². The van der Waals surface area contributed by atoms with Gasteiger partial charge in [-0.1, -0.05) is 23.4 Å². The Morgan fingerprint density at radius 1 is 1.71 bits per heavy atom. The van der Waals surface area contributed by atoms with E-state index in [4.69, 9.17) is 16.3 Å². The van der Waals surface area contributed by atoms with Crippen LogP contribution >= 0.6 is 23.4 Å². The van der Waals surface area contributed by atoms with Crippen LogP contribution in [0.4, 0.5) is 0 Å². The lowest BCUT2D eigenvalue weighted by Gasteiger charge is -2.01. The van der Waals surface area contributed by atoms with E-state index < -0.39 is 0 Å². The number of nitrogens with zero attached hydrogens (tertiary/aromatic N) is 1. The van der Waals surface area contributed by atoms with Gasteiger partial charge >= 0.3 is 5.97 Å². The van der Waals surface area contributed by atoms with Crippen molar-refractivity contribution in [1.82, 2.24) is 4.98 Å². The lowest BCUT2D eigenvalue weighted by molar-refractivity contribution is -0.139. The molecule has 0 N–H and O–H groups in total. The molecule has 0 aromatic carbocycles. The molecule has 1 rings (SSSR count). The predicted octanol–water partition coefficient (Wildman–Crippen LogP) is 2.39. The zero-order valence-corrected chi connectivity index (χ0v) is 9.27. The molecule has 14 heavy (non-hydrogen) atoms. The van der Waals surface area contributed by atoms with Crippen LogP contribution in [0.1, 0.15) is 6.92 Å². The maximum atomic E-state index is 11.0. The number of thioether (sulfide) groups is 1. The molecular formula is C9H10ClNO2S. The van der Waals surface area contributed by atoms with E-state index in [-0.39, 0.29) is 11.7 Å². The van der Waals surface area contributed by atoms with Crippen LogP contribution < -0.4 is 0 Å². The topological polar surface area (TPSA) is 39.2 Å². The largest absolute Gasteiger partial charge is 0.465 e. The van der Waals surface area contributed by atoms with Gasteiger partial charge in [-0.25, -0.2) is 4.98 Å². The smallest absolute Gasteiger partial charge is 0.316 e. The molecule has 0 saturated heterocycles. The van der Waals surface area contributed by atoms with E-state index in [1.54, 1.807) is 25.3 Å². The summed E-state index contributed by atoms with van der Waals surface area (Å²) in [7, 11) is 0. The average molecular weight is 232 g/mol. The first-order chi connectivity index (χ1) is 6.72. The fourth-order valence-corrected chi connectivity index (χ4v) is 1.72. The van der Waals surface area contributed by atoms with Gasteiger partial charge in [0.2, 0.25) is 0 Å². The Bertz CT molecular complexity index is 319. The van der Waals surface area contributed by atoms with Crippen molar-refractivity contribution in [2.45, 2.75) is 11.9 Å². The first-order valence-electron chi connectivity index (χ1n) is 4.12. The van der Waals surface area contributed by atoms with E-state index >= 15 is 0 Å². The van der Waals surface area contributed by atoms with Gasteiger partial charge in [-0.2, -0.15) is 0 Å². The van der Waals surface area contributed by atoms with Crippen LogP contribution in [0.25, 0.3) is 0 Å². The normalized spacial score (nSPS) is 9.86. The molecule has 76 valence electrons. The summed E-state index contributed by atoms with van der Waals surface area (Å²) in [5.41, 5.74) is 0. The molecule has 0 bridgehead atoms. The number of pyridine rings is 1. The molecular weight excluding hydrogens is 222 g/mol. The zero-order chi connectivity index (χ0) is 10.4. The predicted molar refractivity (Wildman–Crippen MR) is 56.6 cm³/mol. The number of aromatic nitrogens is 1. The quantitative estimate of drug-likeness (QED) is 0.589. The molecule has 0 fully saturated rings. The van der Waals surface area contributed by atoms with Crippen LogP contribution in [0.2, 0.25) is 5.02 Å². The summed E-state index contributed by atoms with van der Waals surface area (Å²) in [6, 6.07) is 3.40. The monoisotopic (exact) mass is 231 g/mol. The second-order valence-corrected chi connectivity index (χ2v) is 3.84. The number of ether oxygens (including phenoxy) is 1. The highest BCUT2D eigenvalue weighted by molar-refractivity contribution is 7.99. The van der Waals surface area contributed by atoms with Crippen LogP contribution in [-0.2, 0) is 9.53 Å². The van der Waals surface area contributed by atoms with Crippen molar-refractivity contribution >= 4 is 29.3 Å². The molecule has 3 nitrogen and oxygen atoms in total. The van der Waals surface area contributed by atoms with Gasteiger partial charge in [-0.15, -0.1) is 0 Å². The fraction of sp³-hybridized carbons (Fsp3) is 0.333. The first kappa shape index (κ1) is 11.3. The van der Waals surface area contributed by atoms with E-state index in [0.717, 1.165) is 5.03 Å². The maximum absolute atomic E-state index is 11.0. The van der Waals surface area contributed by atoms with Crippen LogP contribution in [0.5, 0.6) is 0 Å². The molecule has 0 amide bonds. The molecule has 0 saturated carbocycles. The first-order valence-corrected chi connectivity index (χ1v) is 5.48. The molecule has 0 unspecified atom stereocenters. The van der Waals surface area contributed by atoms with Crippen LogP contribution in [0, 0.1) is 0 Å². The number of carbonyl (C=O) groups is 1. The van der Waals surface area contributed by atoms with Gasteiger partial charge < -0.3 is 4.74 Å². The summed E-state index contributed by atoms with van der Waals surface area (Å²) in [5.74, 6) is 0.0283. The van der Waals surface area contributed by atoms with Gasteiger partial charge in [0.25, 0.3) is 0 Å². The summed E-state index contributed by atoms with van der Waals surface area (Å²) in [4.78, 5) is 15.0. The molecule has 0 atom stereocenters. The Kier molecular flexibility index (Phi) is 4.76. The Morgan fingerprint density at radius 2 is 2.50 bits per heavy atom. The SMILES string of the molecule is CCOC(=O)CSc1cc(Cl)ccn1. The van der Waals surface area contributed by atoms with Gasteiger partial charge in [0.05, 0.1) is 17.4 Å². The molecule has 0 spiro atoms. The molecule has 0 radical (unpaired) electrons. The number of hydrogen-bond acceptors (Lipinski definition) is 4. The summed E-state index contributed by atoms with van der Waals surface area (Å²) >= 11 is 7.06. The maximum Gasteiger partial charge on any atom is 0.316 e. The number of hydrogen-bond donors (Lipinski definition) is 0. The highest BCUT2D eigenvalue weighted by Gasteiger charge is 2.03. The van der Waals surface area contributed by atoms with Crippen molar-refractivity contribution in [3.63, 3.8) is 0 Å². The minimum Gasteiger partial charge on any atom is -0.465 e. The van der Waals surface area contributed by atoms with Crippen LogP contribution in [0.15, 0.2) is 23.4 Å². The Labute approximate surface area is 91.8 Å².